The number of carboxylic acids is 1. The van der Waals surface area contributed by atoms with Gasteiger partial charge >= 0.3 is 12.1 Å². The fourth-order valence-electron chi connectivity index (χ4n) is 2.89. The van der Waals surface area contributed by atoms with Gasteiger partial charge in [0, 0.05) is 22.6 Å². The van der Waals surface area contributed by atoms with Crippen LogP contribution in [0.4, 0.5) is 9.93 Å². The normalized spacial score (nSPS) is 20.3. The van der Waals surface area contributed by atoms with Crippen molar-refractivity contribution in [2.24, 2.45) is 5.16 Å². The van der Waals surface area contributed by atoms with Crippen molar-refractivity contribution in [3.8, 4) is 0 Å². The lowest BCUT2D eigenvalue weighted by atomic mass is 10.0. The standard InChI is InChI=1S/C17H18N6O7S3/c1-30-17(28)19-3-2-4-31-8-6-32-14-10(13(25)23(14)11(8)15(26)27)21-12(24)9(22-29)7-5-33-16(18)20-7/h2,4-5,10,14,29H,3,6H2,1H3,(H2,18,20)(H,19,28)(H,21,24)(H,26,27)/b4-2-,22-9-/t10?,14-/m1/s1. The molecule has 3 heterocycles. The van der Waals surface area contributed by atoms with Crippen LogP contribution < -0.4 is 16.4 Å². The molecule has 16 heteroatoms. The maximum atomic E-state index is 12.7. The van der Waals surface area contributed by atoms with Crippen LogP contribution in [0.25, 0.3) is 0 Å². The molecule has 13 nitrogen and oxygen atoms in total. The Kier molecular flexibility index (Phi) is 7.83. The van der Waals surface area contributed by atoms with Gasteiger partial charge in [0.1, 0.15) is 22.8 Å². The van der Waals surface area contributed by atoms with E-state index in [0.29, 0.717) is 4.91 Å². The molecule has 33 heavy (non-hydrogen) atoms. The molecular weight excluding hydrogens is 496 g/mol. The number of alkyl carbamates (subject to hydrolysis) is 1. The van der Waals surface area contributed by atoms with E-state index >= 15 is 0 Å². The molecule has 0 aliphatic carbocycles. The van der Waals surface area contributed by atoms with E-state index in [1.165, 1.54) is 24.3 Å². The minimum Gasteiger partial charge on any atom is -0.477 e. The topological polar surface area (TPSA) is 197 Å². The number of thioether (sulfide) groups is 2. The number of methoxy groups -OCH3 is 1. The van der Waals surface area contributed by atoms with Crippen LogP contribution in [0.3, 0.4) is 0 Å². The first-order chi connectivity index (χ1) is 15.8. The summed E-state index contributed by atoms with van der Waals surface area (Å²) in [5, 5.41) is 29.3. The minimum atomic E-state index is -1.28. The van der Waals surface area contributed by atoms with Crippen LogP contribution in [0.2, 0.25) is 0 Å². The van der Waals surface area contributed by atoms with E-state index < -0.39 is 41.0 Å². The third kappa shape index (κ3) is 5.23. The Labute approximate surface area is 199 Å². The van der Waals surface area contributed by atoms with Gasteiger partial charge in [-0.2, -0.15) is 0 Å². The number of amides is 3. The highest BCUT2D eigenvalue weighted by molar-refractivity contribution is 8.08. The van der Waals surface area contributed by atoms with E-state index in [4.69, 9.17) is 5.73 Å². The molecular formula is C17H18N6O7S3. The number of aromatic nitrogens is 1. The molecule has 0 saturated carbocycles. The zero-order chi connectivity index (χ0) is 24.1. The highest BCUT2D eigenvalue weighted by Gasteiger charge is 2.54. The Hall–Kier alpha value is -3.24. The lowest BCUT2D eigenvalue weighted by Crippen LogP contribution is -2.71. The van der Waals surface area contributed by atoms with Crippen molar-refractivity contribution in [1.29, 1.82) is 0 Å². The Morgan fingerprint density at radius 1 is 1.48 bits per heavy atom. The predicted octanol–water partition coefficient (Wildman–Crippen LogP) is 0.203. The van der Waals surface area contributed by atoms with E-state index in [2.05, 4.69) is 25.5 Å². The highest BCUT2D eigenvalue weighted by Crippen LogP contribution is 2.43. The number of carbonyl (C=O) groups excluding carboxylic acids is 3. The Morgan fingerprint density at radius 2 is 2.24 bits per heavy atom. The van der Waals surface area contributed by atoms with Gasteiger partial charge in [-0.05, 0) is 5.41 Å². The van der Waals surface area contributed by atoms with Crippen LogP contribution in [-0.4, -0.2) is 80.6 Å². The van der Waals surface area contributed by atoms with E-state index in [1.54, 1.807) is 11.5 Å². The minimum absolute atomic E-state index is 0.0516. The van der Waals surface area contributed by atoms with Crippen molar-refractivity contribution < 1.29 is 34.2 Å². The first kappa shape index (κ1) is 24.4. The van der Waals surface area contributed by atoms with Crippen LogP contribution in [-0.2, 0) is 19.1 Å². The van der Waals surface area contributed by atoms with Crippen LogP contribution >= 0.6 is 34.9 Å². The lowest BCUT2D eigenvalue weighted by molar-refractivity contribution is -0.150. The Bertz CT molecular complexity index is 1070. The third-order valence-electron chi connectivity index (χ3n) is 4.36. The number of anilines is 1. The van der Waals surface area contributed by atoms with Gasteiger partial charge in [-0.3, -0.25) is 14.5 Å². The number of aliphatic carboxylic acids is 1. The molecule has 2 atom stereocenters. The van der Waals surface area contributed by atoms with Gasteiger partial charge in [-0.1, -0.05) is 23.0 Å². The van der Waals surface area contributed by atoms with Crippen molar-refractivity contribution in [2.75, 3.05) is 25.1 Å². The summed E-state index contributed by atoms with van der Waals surface area (Å²) < 4.78 is 4.44. The smallest absolute Gasteiger partial charge is 0.407 e. The van der Waals surface area contributed by atoms with Gasteiger partial charge in [0.25, 0.3) is 11.8 Å². The summed E-state index contributed by atoms with van der Waals surface area (Å²) in [6.07, 6.45) is 1.00. The molecule has 1 saturated heterocycles. The van der Waals surface area contributed by atoms with Crippen molar-refractivity contribution in [2.45, 2.75) is 11.4 Å². The number of nitrogens with zero attached hydrogens (tertiary/aromatic N) is 3. The number of nitrogen functional groups attached to an aromatic ring is 1. The van der Waals surface area contributed by atoms with Crippen LogP contribution in [0.15, 0.2) is 32.6 Å². The van der Waals surface area contributed by atoms with Gasteiger partial charge in [-0.15, -0.1) is 23.1 Å². The molecule has 3 amide bonds. The van der Waals surface area contributed by atoms with E-state index in [9.17, 15) is 29.5 Å². The van der Waals surface area contributed by atoms with Crippen molar-refractivity contribution in [3.63, 3.8) is 0 Å². The van der Waals surface area contributed by atoms with E-state index in [1.807, 2.05) is 0 Å². The molecule has 1 fully saturated rings. The Morgan fingerprint density at radius 3 is 2.85 bits per heavy atom. The fraction of sp³-hybridized carbons (Fsp3) is 0.294. The number of β-lactam (4-membered cyclic amide) rings is 1. The maximum absolute atomic E-state index is 12.7. The molecule has 6 N–H and O–H groups in total. The molecule has 0 spiro atoms. The zero-order valence-corrected chi connectivity index (χ0v) is 19.3. The quantitative estimate of drug-likeness (QED) is 0.137. The van der Waals surface area contributed by atoms with Gasteiger partial charge in [0.05, 0.1) is 7.11 Å². The second-order valence-corrected chi connectivity index (χ2v) is 9.31. The van der Waals surface area contributed by atoms with Gasteiger partial charge < -0.3 is 31.4 Å². The molecule has 2 aliphatic rings. The number of rotatable bonds is 8. The molecule has 1 aromatic rings. The summed E-state index contributed by atoms with van der Waals surface area (Å²) in [5.41, 5.74) is 5.00. The van der Waals surface area contributed by atoms with E-state index in [0.717, 1.165) is 28.0 Å². The van der Waals surface area contributed by atoms with Crippen molar-refractivity contribution in [1.82, 2.24) is 20.5 Å². The zero-order valence-electron chi connectivity index (χ0n) is 16.9. The van der Waals surface area contributed by atoms with Gasteiger partial charge in [0.15, 0.2) is 10.8 Å². The fourth-order valence-corrected chi connectivity index (χ4v) is 5.77. The average Bonchev–Trinajstić information content (AvgIpc) is 3.22. The maximum Gasteiger partial charge on any atom is 0.407 e. The molecule has 2 aliphatic heterocycles. The number of fused-ring (bicyclic) bond motifs is 1. The molecule has 1 unspecified atom stereocenters. The number of carboxylic acid groups (broad SMARTS) is 1. The SMILES string of the molecule is COC(=O)NC/C=C\SC1=C(C(=O)O)N2C(=O)C(NC(=O)/C(=N\O)c3csc(N)n3)[C@H]2SC1. The largest absolute Gasteiger partial charge is 0.477 e. The number of oxime groups is 1. The summed E-state index contributed by atoms with van der Waals surface area (Å²) in [6.45, 7) is 0.182. The lowest BCUT2D eigenvalue weighted by Gasteiger charge is -2.49. The number of nitrogens with two attached hydrogens (primary N) is 1. The summed E-state index contributed by atoms with van der Waals surface area (Å²) in [5.74, 6) is -2.45. The predicted molar refractivity (Wildman–Crippen MR) is 122 cm³/mol. The summed E-state index contributed by atoms with van der Waals surface area (Å²) >= 11 is 3.44. The van der Waals surface area contributed by atoms with Crippen LogP contribution in [0.1, 0.15) is 5.69 Å². The molecule has 0 radical (unpaired) electrons. The first-order valence-corrected chi connectivity index (χ1v) is 11.9. The number of hydrogen-bond acceptors (Lipinski definition) is 12. The van der Waals surface area contributed by atoms with Gasteiger partial charge in [-0.25, -0.2) is 14.6 Å². The molecule has 0 bridgehead atoms. The van der Waals surface area contributed by atoms with Crippen LogP contribution in [0.5, 0.6) is 0 Å². The molecule has 0 aromatic carbocycles. The second kappa shape index (κ2) is 10.6. The molecule has 176 valence electrons. The number of thiazole rings is 1. The average molecular weight is 515 g/mol. The van der Waals surface area contributed by atoms with Crippen molar-refractivity contribution >= 4 is 69.6 Å². The molecule has 1 aromatic heterocycles. The van der Waals surface area contributed by atoms with E-state index in [-0.39, 0.29) is 28.8 Å². The highest BCUT2D eigenvalue weighted by atomic mass is 32.2. The second-order valence-electron chi connectivity index (χ2n) is 6.32. The number of carbonyl (C=O) groups is 4. The summed E-state index contributed by atoms with van der Waals surface area (Å²) in [7, 11) is 1.24. The van der Waals surface area contributed by atoms with Crippen LogP contribution in [0, 0.1) is 0 Å². The van der Waals surface area contributed by atoms with Gasteiger partial charge in [0.2, 0.25) is 0 Å². The Balaban J connectivity index is 1.67. The molecule has 3 rings (SSSR count). The number of ether oxygens (including phenoxy) is 1. The number of hydrogen-bond donors (Lipinski definition) is 5. The monoisotopic (exact) mass is 514 g/mol. The van der Waals surface area contributed by atoms with Crippen molar-refractivity contribution in [3.05, 3.63) is 33.2 Å². The summed E-state index contributed by atoms with van der Waals surface area (Å²) in [4.78, 5) is 53.5. The number of nitrogens with one attached hydrogen (secondary N) is 2. The first-order valence-electron chi connectivity index (χ1n) is 9.07. The summed E-state index contributed by atoms with van der Waals surface area (Å²) in [6, 6.07) is -1.00. The third-order valence-corrected chi connectivity index (χ3v) is 7.45.